The molecule has 1 N–H and O–H groups in total. The molecule has 0 saturated heterocycles. The van der Waals surface area contributed by atoms with Crippen molar-refractivity contribution in [2.24, 2.45) is 0 Å². The van der Waals surface area contributed by atoms with Crippen LogP contribution in [0.4, 0.5) is 5.69 Å². The van der Waals surface area contributed by atoms with E-state index in [0.717, 1.165) is 17.0 Å². The molecule has 0 amide bonds. The highest BCUT2D eigenvalue weighted by atomic mass is 32.1. The second kappa shape index (κ2) is 6.87. The van der Waals surface area contributed by atoms with Crippen LogP contribution in [-0.2, 0) is 0 Å². The molecule has 0 bridgehead atoms. The van der Waals surface area contributed by atoms with Gasteiger partial charge in [0.2, 0.25) is 5.88 Å². The molecule has 0 radical (unpaired) electrons. The second-order valence-electron chi connectivity index (χ2n) is 4.54. The van der Waals surface area contributed by atoms with E-state index in [9.17, 15) is 0 Å². The zero-order chi connectivity index (χ0) is 14.4. The van der Waals surface area contributed by atoms with Gasteiger partial charge in [-0.15, -0.1) is 0 Å². The first-order chi connectivity index (χ1) is 9.69. The summed E-state index contributed by atoms with van der Waals surface area (Å²) in [7, 11) is 0. The molecule has 20 heavy (non-hydrogen) atoms. The zero-order valence-corrected chi connectivity index (χ0v) is 12.4. The maximum Gasteiger partial charge on any atom is 0.201 e. The van der Waals surface area contributed by atoms with Gasteiger partial charge >= 0.3 is 0 Å². The van der Waals surface area contributed by atoms with Crippen LogP contribution in [0.2, 0.25) is 0 Å². The number of benzene rings is 2. The third-order valence-corrected chi connectivity index (χ3v) is 3.16. The first kappa shape index (κ1) is 14.3. The Hall–Kier alpha value is -2.13. The molecule has 0 atom stereocenters. The standard InChI is InChI=1S/C17H17NOS/c1-13-8-10-15(11-9-13)18-17(14(2)12-20)19-16-6-4-3-5-7-16/h3-12,18H,1-2H3. The lowest BCUT2D eigenvalue weighted by molar-refractivity contribution is 0.429. The maximum absolute atomic E-state index is 5.87. The second-order valence-corrected chi connectivity index (χ2v) is 4.77. The van der Waals surface area contributed by atoms with Gasteiger partial charge in [0.05, 0.1) is 0 Å². The molecule has 0 unspecified atom stereocenters. The van der Waals surface area contributed by atoms with E-state index >= 15 is 0 Å². The summed E-state index contributed by atoms with van der Waals surface area (Å²) in [5.41, 5.74) is 3.07. The predicted molar refractivity (Wildman–Crippen MR) is 88.2 cm³/mol. The molecule has 102 valence electrons. The van der Waals surface area contributed by atoms with E-state index in [-0.39, 0.29) is 0 Å². The summed E-state index contributed by atoms with van der Waals surface area (Å²) in [6.07, 6.45) is 0. The summed E-state index contributed by atoms with van der Waals surface area (Å²) in [5.74, 6) is 1.42. The average Bonchev–Trinajstić information content (AvgIpc) is 2.49. The largest absolute Gasteiger partial charge is 0.441 e. The number of para-hydroxylation sites is 1. The molecule has 0 aromatic heterocycles. The van der Waals surface area contributed by atoms with Crippen LogP contribution in [0.25, 0.3) is 0 Å². The highest BCUT2D eigenvalue weighted by Crippen LogP contribution is 2.18. The molecule has 3 heteroatoms. The number of anilines is 1. The van der Waals surface area contributed by atoms with Crippen LogP contribution in [0, 0.1) is 6.92 Å². The Labute approximate surface area is 125 Å². The highest BCUT2D eigenvalue weighted by Gasteiger charge is 2.05. The maximum atomic E-state index is 5.87. The molecule has 0 aliphatic rings. The minimum Gasteiger partial charge on any atom is -0.441 e. The number of rotatable bonds is 5. The van der Waals surface area contributed by atoms with Gasteiger partial charge in [0.25, 0.3) is 0 Å². The van der Waals surface area contributed by atoms with E-state index in [1.807, 2.05) is 49.4 Å². The molecule has 0 saturated carbocycles. The van der Waals surface area contributed by atoms with Gasteiger partial charge in [0.1, 0.15) is 5.75 Å². The van der Waals surface area contributed by atoms with Gasteiger partial charge in [-0.3, -0.25) is 0 Å². The fourth-order valence-corrected chi connectivity index (χ4v) is 1.74. The fourth-order valence-electron chi connectivity index (χ4n) is 1.63. The summed E-state index contributed by atoms with van der Waals surface area (Å²) in [4.78, 5) is 0. The third kappa shape index (κ3) is 3.93. The SMILES string of the molecule is CC(C=S)=C(Nc1ccc(C)cc1)Oc1ccccc1. The molecule has 2 nitrogen and oxygen atoms in total. The van der Waals surface area contributed by atoms with Crippen molar-refractivity contribution < 1.29 is 4.74 Å². The minimum absolute atomic E-state index is 0.648. The Morgan fingerprint density at radius 1 is 1.05 bits per heavy atom. The minimum atomic E-state index is 0.648. The number of aryl methyl sites for hydroxylation is 1. The highest BCUT2D eigenvalue weighted by molar-refractivity contribution is 7.79. The number of allylic oxidation sites excluding steroid dienone is 1. The zero-order valence-electron chi connectivity index (χ0n) is 11.6. The van der Waals surface area contributed by atoms with Gasteiger partial charge in [0, 0.05) is 16.6 Å². The number of hydrogen-bond donors (Lipinski definition) is 1. The number of thiocarbonyl (C=S) groups is 1. The summed E-state index contributed by atoms with van der Waals surface area (Å²) in [6, 6.07) is 17.8. The van der Waals surface area contributed by atoms with E-state index < -0.39 is 0 Å². The van der Waals surface area contributed by atoms with Crippen molar-refractivity contribution in [3.05, 3.63) is 71.6 Å². The van der Waals surface area contributed by atoms with Crippen molar-refractivity contribution in [1.82, 2.24) is 0 Å². The molecule has 0 heterocycles. The normalized spacial score (nSPS) is 11.5. The topological polar surface area (TPSA) is 21.3 Å². The molecule has 0 fully saturated rings. The smallest absolute Gasteiger partial charge is 0.201 e. The van der Waals surface area contributed by atoms with Gasteiger partial charge in [-0.1, -0.05) is 48.1 Å². The summed E-state index contributed by atoms with van der Waals surface area (Å²) in [5, 5.41) is 4.88. The van der Waals surface area contributed by atoms with Crippen LogP contribution in [-0.4, -0.2) is 5.37 Å². The first-order valence-corrected chi connectivity index (χ1v) is 6.89. The Morgan fingerprint density at radius 2 is 1.70 bits per heavy atom. The number of nitrogens with one attached hydrogen (secondary N) is 1. The van der Waals surface area contributed by atoms with Crippen molar-refractivity contribution in [3.8, 4) is 5.75 Å². The Morgan fingerprint density at radius 3 is 2.30 bits per heavy atom. The van der Waals surface area contributed by atoms with Crippen LogP contribution in [0.15, 0.2) is 66.1 Å². The summed E-state index contributed by atoms with van der Waals surface area (Å²) in [6.45, 7) is 3.98. The lowest BCUT2D eigenvalue weighted by atomic mass is 10.2. The van der Waals surface area contributed by atoms with E-state index in [1.165, 1.54) is 5.56 Å². The average molecular weight is 283 g/mol. The van der Waals surface area contributed by atoms with Crippen LogP contribution in [0.5, 0.6) is 5.75 Å². The Bertz CT molecular complexity index is 603. The van der Waals surface area contributed by atoms with Crippen molar-refractivity contribution >= 4 is 23.3 Å². The quantitative estimate of drug-likeness (QED) is 0.487. The molecule has 2 aromatic rings. The monoisotopic (exact) mass is 283 g/mol. The Balaban J connectivity index is 2.21. The van der Waals surface area contributed by atoms with E-state index in [4.69, 9.17) is 17.0 Å². The summed E-state index contributed by atoms with van der Waals surface area (Å²) >= 11 is 5.00. The van der Waals surface area contributed by atoms with Gasteiger partial charge in [-0.25, -0.2) is 0 Å². The molecular formula is C17H17NOS. The van der Waals surface area contributed by atoms with E-state index in [0.29, 0.717) is 5.88 Å². The van der Waals surface area contributed by atoms with Crippen molar-refractivity contribution in [1.29, 1.82) is 0 Å². The molecule has 2 rings (SSSR count). The Kier molecular flexibility index (Phi) is 4.91. The molecular weight excluding hydrogens is 266 g/mol. The van der Waals surface area contributed by atoms with Gasteiger partial charge in [-0.2, -0.15) is 0 Å². The molecule has 0 spiro atoms. The van der Waals surface area contributed by atoms with Crippen molar-refractivity contribution in [3.63, 3.8) is 0 Å². The van der Waals surface area contributed by atoms with Gasteiger partial charge in [-0.05, 0) is 38.1 Å². The van der Waals surface area contributed by atoms with Crippen LogP contribution in [0.3, 0.4) is 0 Å². The molecule has 0 aliphatic carbocycles. The van der Waals surface area contributed by atoms with Crippen LogP contribution >= 0.6 is 12.2 Å². The number of hydrogen-bond acceptors (Lipinski definition) is 3. The molecule has 2 aromatic carbocycles. The first-order valence-electron chi connectivity index (χ1n) is 6.41. The lowest BCUT2D eigenvalue weighted by Crippen LogP contribution is -2.10. The summed E-state index contributed by atoms with van der Waals surface area (Å²) < 4.78 is 5.87. The fraction of sp³-hybridized carbons (Fsp3) is 0.118. The molecule has 0 aliphatic heterocycles. The van der Waals surface area contributed by atoms with Crippen LogP contribution < -0.4 is 10.1 Å². The predicted octanol–water partition coefficient (Wildman–Crippen LogP) is 4.72. The van der Waals surface area contributed by atoms with E-state index in [1.54, 1.807) is 5.37 Å². The third-order valence-electron chi connectivity index (χ3n) is 2.81. The lowest BCUT2D eigenvalue weighted by Gasteiger charge is -2.14. The van der Waals surface area contributed by atoms with Gasteiger partial charge in [0.15, 0.2) is 0 Å². The van der Waals surface area contributed by atoms with Crippen LogP contribution in [0.1, 0.15) is 12.5 Å². The van der Waals surface area contributed by atoms with Crippen molar-refractivity contribution in [2.75, 3.05) is 5.32 Å². The van der Waals surface area contributed by atoms with Gasteiger partial charge < -0.3 is 10.1 Å². The number of ether oxygens (including phenoxy) is 1. The van der Waals surface area contributed by atoms with Crippen molar-refractivity contribution in [2.45, 2.75) is 13.8 Å². The van der Waals surface area contributed by atoms with E-state index in [2.05, 4.69) is 24.4 Å².